The molecule has 1 aromatic carbocycles. The van der Waals surface area contributed by atoms with E-state index in [-0.39, 0.29) is 11.6 Å². The van der Waals surface area contributed by atoms with E-state index in [0.29, 0.717) is 30.1 Å². The summed E-state index contributed by atoms with van der Waals surface area (Å²) in [7, 11) is 0. The molecule has 1 aliphatic heterocycles. The van der Waals surface area contributed by atoms with Gasteiger partial charge in [-0.15, -0.1) is 0 Å². The lowest BCUT2D eigenvalue weighted by atomic mass is 9.93. The number of nitrogens with zero attached hydrogens (tertiary/aromatic N) is 1. The van der Waals surface area contributed by atoms with Crippen molar-refractivity contribution in [1.82, 2.24) is 10.2 Å². The largest absolute Gasteiger partial charge is 0.311 e. The SMILES string of the molecule is CCC1CN(Cc2cc(F)ccc2F)C(C(C)CC)CN1. The van der Waals surface area contributed by atoms with Crippen LogP contribution < -0.4 is 5.32 Å². The van der Waals surface area contributed by atoms with Crippen molar-refractivity contribution in [3.63, 3.8) is 0 Å². The molecule has 3 unspecified atom stereocenters. The maximum Gasteiger partial charge on any atom is 0.127 e. The number of benzene rings is 1. The second-order valence-corrected chi connectivity index (χ2v) is 6.13. The van der Waals surface area contributed by atoms with Crippen LogP contribution in [0.4, 0.5) is 8.78 Å². The first-order valence-electron chi connectivity index (χ1n) is 7.96. The van der Waals surface area contributed by atoms with Crippen molar-refractivity contribution in [2.24, 2.45) is 5.92 Å². The molecule has 1 saturated heterocycles. The summed E-state index contributed by atoms with van der Waals surface area (Å²) in [6.45, 7) is 8.86. The van der Waals surface area contributed by atoms with Gasteiger partial charge in [-0.1, -0.05) is 27.2 Å². The summed E-state index contributed by atoms with van der Waals surface area (Å²) < 4.78 is 27.3. The summed E-state index contributed by atoms with van der Waals surface area (Å²) in [5.41, 5.74) is 0.458. The van der Waals surface area contributed by atoms with Crippen molar-refractivity contribution >= 4 is 0 Å². The fourth-order valence-electron chi connectivity index (χ4n) is 3.07. The van der Waals surface area contributed by atoms with Gasteiger partial charge in [0.15, 0.2) is 0 Å². The Morgan fingerprint density at radius 2 is 2.10 bits per heavy atom. The number of rotatable bonds is 5. The Labute approximate surface area is 126 Å². The molecule has 1 aliphatic rings. The molecule has 21 heavy (non-hydrogen) atoms. The Kier molecular flexibility index (Phi) is 5.71. The first-order valence-corrected chi connectivity index (χ1v) is 7.96. The van der Waals surface area contributed by atoms with Crippen molar-refractivity contribution in [2.45, 2.75) is 52.2 Å². The normalized spacial score (nSPS) is 25.0. The molecular weight excluding hydrogens is 270 g/mol. The molecule has 3 atom stereocenters. The summed E-state index contributed by atoms with van der Waals surface area (Å²) in [6, 6.07) is 4.54. The van der Waals surface area contributed by atoms with Crippen LogP contribution in [-0.2, 0) is 6.54 Å². The van der Waals surface area contributed by atoms with E-state index < -0.39 is 0 Å². The third-order valence-corrected chi connectivity index (χ3v) is 4.71. The van der Waals surface area contributed by atoms with E-state index >= 15 is 0 Å². The molecule has 0 aliphatic carbocycles. The van der Waals surface area contributed by atoms with Crippen LogP contribution in [0.3, 0.4) is 0 Å². The molecule has 0 radical (unpaired) electrons. The Balaban J connectivity index is 2.17. The Bertz CT molecular complexity index is 464. The van der Waals surface area contributed by atoms with E-state index in [1.807, 2.05) is 0 Å². The summed E-state index contributed by atoms with van der Waals surface area (Å²) in [6.07, 6.45) is 2.14. The molecule has 1 aromatic rings. The van der Waals surface area contributed by atoms with Gasteiger partial charge in [0.2, 0.25) is 0 Å². The van der Waals surface area contributed by atoms with E-state index in [0.717, 1.165) is 25.9 Å². The fourth-order valence-corrected chi connectivity index (χ4v) is 3.07. The zero-order chi connectivity index (χ0) is 15.4. The topological polar surface area (TPSA) is 15.3 Å². The number of nitrogens with one attached hydrogen (secondary N) is 1. The highest BCUT2D eigenvalue weighted by molar-refractivity contribution is 5.19. The highest BCUT2D eigenvalue weighted by atomic mass is 19.1. The van der Waals surface area contributed by atoms with Crippen molar-refractivity contribution in [2.75, 3.05) is 13.1 Å². The summed E-state index contributed by atoms with van der Waals surface area (Å²) >= 11 is 0. The average molecular weight is 296 g/mol. The third-order valence-electron chi connectivity index (χ3n) is 4.71. The van der Waals surface area contributed by atoms with Gasteiger partial charge in [0, 0.05) is 37.3 Å². The second kappa shape index (κ2) is 7.32. The predicted molar refractivity (Wildman–Crippen MR) is 82.1 cm³/mol. The van der Waals surface area contributed by atoms with E-state index in [1.54, 1.807) is 0 Å². The van der Waals surface area contributed by atoms with Crippen LogP contribution in [0, 0.1) is 17.6 Å². The van der Waals surface area contributed by atoms with Gasteiger partial charge in [0.05, 0.1) is 0 Å². The molecule has 0 bridgehead atoms. The minimum Gasteiger partial charge on any atom is -0.311 e. The van der Waals surface area contributed by atoms with Gasteiger partial charge in [-0.2, -0.15) is 0 Å². The fraction of sp³-hybridized carbons (Fsp3) is 0.647. The van der Waals surface area contributed by atoms with Gasteiger partial charge in [0.1, 0.15) is 11.6 Å². The average Bonchev–Trinajstić information content (AvgIpc) is 2.50. The standard InChI is InChI=1S/C17H26F2N2/c1-4-12(3)17-9-20-15(5-2)11-21(17)10-13-8-14(18)6-7-16(13)19/h6-8,12,15,17,20H,4-5,9-11H2,1-3H3. The zero-order valence-corrected chi connectivity index (χ0v) is 13.2. The van der Waals surface area contributed by atoms with Crippen LogP contribution in [0.1, 0.15) is 39.2 Å². The molecule has 2 rings (SSSR count). The molecule has 1 N–H and O–H groups in total. The predicted octanol–water partition coefficient (Wildman–Crippen LogP) is 3.56. The number of hydrogen-bond donors (Lipinski definition) is 1. The number of halogens is 2. The van der Waals surface area contributed by atoms with Gasteiger partial charge in [-0.3, -0.25) is 4.90 Å². The van der Waals surface area contributed by atoms with E-state index in [9.17, 15) is 8.78 Å². The number of piperazine rings is 1. The van der Waals surface area contributed by atoms with Crippen LogP contribution in [0.25, 0.3) is 0 Å². The number of hydrogen-bond acceptors (Lipinski definition) is 2. The Morgan fingerprint density at radius 3 is 2.76 bits per heavy atom. The van der Waals surface area contributed by atoms with Crippen molar-refractivity contribution in [3.8, 4) is 0 Å². The second-order valence-electron chi connectivity index (χ2n) is 6.13. The first-order chi connectivity index (χ1) is 10.0. The lowest BCUT2D eigenvalue weighted by molar-refractivity contribution is 0.0821. The minimum absolute atomic E-state index is 0.314. The molecule has 4 heteroatoms. The Hall–Kier alpha value is -1.00. The minimum atomic E-state index is -0.367. The third kappa shape index (κ3) is 4.01. The van der Waals surface area contributed by atoms with Gasteiger partial charge in [-0.05, 0) is 30.5 Å². The highest BCUT2D eigenvalue weighted by Crippen LogP contribution is 2.22. The van der Waals surface area contributed by atoms with Crippen LogP contribution in [0.2, 0.25) is 0 Å². The maximum absolute atomic E-state index is 13.9. The van der Waals surface area contributed by atoms with Crippen molar-refractivity contribution < 1.29 is 8.78 Å². The molecule has 118 valence electrons. The van der Waals surface area contributed by atoms with Crippen molar-refractivity contribution in [1.29, 1.82) is 0 Å². The quantitative estimate of drug-likeness (QED) is 0.893. The molecular formula is C17H26F2N2. The van der Waals surface area contributed by atoms with Crippen LogP contribution in [0.15, 0.2) is 18.2 Å². The van der Waals surface area contributed by atoms with Crippen LogP contribution >= 0.6 is 0 Å². The summed E-state index contributed by atoms with van der Waals surface area (Å²) in [4.78, 5) is 2.32. The Morgan fingerprint density at radius 1 is 1.33 bits per heavy atom. The summed E-state index contributed by atoms with van der Waals surface area (Å²) in [5, 5.41) is 3.57. The van der Waals surface area contributed by atoms with E-state index in [4.69, 9.17) is 0 Å². The smallest absolute Gasteiger partial charge is 0.127 e. The van der Waals surface area contributed by atoms with E-state index in [1.165, 1.54) is 18.2 Å². The molecule has 0 amide bonds. The van der Waals surface area contributed by atoms with Crippen molar-refractivity contribution in [3.05, 3.63) is 35.4 Å². The van der Waals surface area contributed by atoms with Crippen LogP contribution in [0.5, 0.6) is 0 Å². The molecule has 0 spiro atoms. The zero-order valence-electron chi connectivity index (χ0n) is 13.2. The molecule has 0 saturated carbocycles. The lowest BCUT2D eigenvalue weighted by Crippen LogP contribution is -2.57. The molecule has 2 nitrogen and oxygen atoms in total. The highest BCUT2D eigenvalue weighted by Gasteiger charge is 2.30. The maximum atomic E-state index is 13.9. The molecule has 0 aromatic heterocycles. The van der Waals surface area contributed by atoms with Gasteiger partial charge in [0.25, 0.3) is 0 Å². The van der Waals surface area contributed by atoms with E-state index in [2.05, 4.69) is 31.0 Å². The van der Waals surface area contributed by atoms with Gasteiger partial charge in [-0.25, -0.2) is 8.78 Å². The first kappa shape index (κ1) is 16.4. The molecule has 1 fully saturated rings. The monoisotopic (exact) mass is 296 g/mol. The van der Waals surface area contributed by atoms with Crippen LogP contribution in [-0.4, -0.2) is 30.1 Å². The van der Waals surface area contributed by atoms with Gasteiger partial charge < -0.3 is 5.32 Å². The van der Waals surface area contributed by atoms with Gasteiger partial charge >= 0.3 is 0 Å². The molecule has 1 heterocycles. The summed E-state index contributed by atoms with van der Waals surface area (Å²) in [5.74, 6) is -0.147. The lowest BCUT2D eigenvalue weighted by Gasteiger charge is -2.43.